The number of carbonyl (C=O) groups is 1. The van der Waals surface area contributed by atoms with E-state index < -0.39 is 0 Å². The van der Waals surface area contributed by atoms with E-state index in [4.69, 9.17) is 11.0 Å². The van der Waals surface area contributed by atoms with E-state index in [2.05, 4.69) is 22.0 Å². The van der Waals surface area contributed by atoms with Crippen LogP contribution in [0.4, 0.5) is 5.69 Å². The molecule has 1 rings (SSSR count). The van der Waals surface area contributed by atoms with E-state index in [-0.39, 0.29) is 11.9 Å². The van der Waals surface area contributed by atoms with Crippen molar-refractivity contribution in [2.24, 2.45) is 0 Å². The van der Waals surface area contributed by atoms with Gasteiger partial charge in [0.05, 0.1) is 12.5 Å². The average molecular weight is 296 g/mol. The summed E-state index contributed by atoms with van der Waals surface area (Å²) >= 11 is 3.28. The zero-order chi connectivity index (χ0) is 13.0. The van der Waals surface area contributed by atoms with E-state index in [1.54, 1.807) is 30.1 Å². The topological polar surface area (TPSA) is 70.1 Å². The number of rotatable bonds is 3. The molecule has 0 aromatic heterocycles. The number of nitrogens with zero attached hydrogens (tertiary/aromatic N) is 2. The highest BCUT2D eigenvalue weighted by atomic mass is 79.9. The number of hydrogen-bond donors (Lipinski definition) is 1. The first kappa shape index (κ1) is 13.5. The van der Waals surface area contributed by atoms with Crippen molar-refractivity contribution >= 4 is 27.5 Å². The van der Waals surface area contributed by atoms with Gasteiger partial charge in [-0.25, -0.2) is 0 Å². The molecule has 1 aromatic carbocycles. The van der Waals surface area contributed by atoms with Crippen molar-refractivity contribution in [2.45, 2.75) is 19.4 Å². The molecule has 0 aliphatic carbocycles. The number of nitrogen functional groups attached to an aromatic ring is 1. The summed E-state index contributed by atoms with van der Waals surface area (Å²) in [6.45, 7) is 1.84. The zero-order valence-corrected chi connectivity index (χ0v) is 11.4. The molecule has 0 radical (unpaired) electrons. The number of anilines is 1. The summed E-state index contributed by atoms with van der Waals surface area (Å²) in [7, 11) is 1.69. The first-order valence-electron chi connectivity index (χ1n) is 5.16. The van der Waals surface area contributed by atoms with Crippen LogP contribution in [-0.4, -0.2) is 23.9 Å². The van der Waals surface area contributed by atoms with Crippen LogP contribution >= 0.6 is 15.9 Å². The Morgan fingerprint density at radius 2 is 2.29 bits per heavy atom. The van der Waals surface area contributed by atoms with E-state index in [0.717, 1.165) is 0 Å². The number of nitrogens with two attached hydrogens (primary N) is 1. The second-order valence-corrected chi connectivity index (χ2v) is 4.72. The third-order valence-electron chi connectivity index (χ3n) is 2.62. The lowest BCUT2D eigenvalue weighted by Crippen LogP contribution is -2.34. The summed E-state index contributed by atoms with van der Waals surface area (Å²) in [5, 5.41) is 8.61. The predicted octanol–water partition coefficient (Wildman–Crippen LogP) is 2.41. The number of carbonyl (C=O) groups excluding carboxylic acids is 1. The first-order chi connectivity index (χ1) is 7.97. The van der Waals surface area contributed by atoms with Crippen LogP contribution in [0.2, 0.25) is 0 Å². The second-order valence-electron chi connectivity index (χ2n) is 3.86. The van der Waals surface area contributed by atoms with Crippen molar-refractivity contribution in [1.29, 1.82) is 5.26 Å². The van der Waals surface area contributed by atoms with Gasteiger partial charge in [0.25, 0.3) is 5.91 Å². The Morgan fingerprint density at radius 3 is 2.82 bits per heavy atom. The maximum atomic E-state index is 12.1. The normalized spacial score (nSPS) is 11.6. The lowest BCUT2D eigenvalue weighted by atomic mass is 10.1. The minimum Gasteiger partial charge on any atom is -0.398 e. The summed E-state index contributed by atoms with van der Waals surface area (Å²) in [4.78, 5) is 13.6. The van der Waals surface area contributed by atoms with Gasteiger partial charge in [-0.3, -0.25) is 4.79 Å². The Bertz CT molecular complexity index is 467. The van der Waals surface area contributed by atoms with Crippen molar-refractivity contribution in [3.05, 3.63) is 28.2 Å². The second kappa shape index (κ2) is 5.69. The van der Waals surface area contributed by atoms with Gasteiger partial charge in [-0.05, 0) is 41.1 Å². The maximum Gasteiger partial charge on any atom is 0.253 e. The van der Waals surface area contributed by atoms with Gasteiger partial charge < -0.3 is 10.6 Å². The molecule has 17 heavy (non-hydrogen) atoms. The highest BCUT2D eigenvalue weighted by Gasteiger charge is 2.17. The monoisotopic (exact) mass is 295 g/mol. The van der Waals surface area contributed by atoms with Crippen LogP contribution in [0.25, 0.3) is 0 Å². The van der Waals surface area contributed by atoms with Gasteiger partial charge in [0.1, 0.15) is 0 Å². The smallest absolute Gasteiger partial charge is 0.253 e. The maximum absolute atomic E-state index is 12.1. The van der Waals surface area contributed by atoms with Crippen LogP contribution in [0, 0.1) is 11.3 Å². The van der Waals surface area contributed by atoms with Gasteiger partial charge in [0.2, 0.25) is 0 Å². The molecule has 0 saturated carbocycles. The van der Waals surface area contributed by atoms with Gasteiger partial charge in [0.15, 0.2) is 0 Å². The molecule has 0 heterocycles. The fourth-order valence-corrected chi connectivity index (χ4v) is 1.71. The number of nitriles is 1. The van der Waals surface area contributed by atoms with E-state index in [9.17, 15) is 4.79 Å². The van der Waals surface area contributed by atoms with Gasteiger partial charge in [0, 0.05) is 28.8 Å². The van der Waals surface area contributed by atoms with Crippen LogP contribution in [0.3, 0.4) is 0 Å². The highest BCUT2D eigenvalue weighted by molar-refractivity contribution is 9.10. The molecule has 2 N–H and O–H groups in total. The molecule has 5 heteroatoms. The van der Waals surface area contributed by atoms with E-state index in [1.165, 1.54) is 0 Å². The Morgan fingerprint density at radius 1 is 1.65 bits per heavy atom. The molecule has 0 bridgehead atoms. The standard InChI is InChI=1S/C12H14BrN3O/c1-8(5-6-14)16(2)12(17)9-3-4-11(15)10(13)7-9/h3-4,7-8H,5,15H2,1-2H3. The third kappa shape index (κ3) is 3.21. The summed E-state index contributed by atoms with van der Waals surface area (Å²) in [5.74, 6) is -0.117. The molecule has 0 spiro atoms. The lowest BCUT2D eigenvalue weighted by Gasteiger charge is -2.23. The van der Waals surface area contributed by atoms with Gasteiger partial charge >= 0.3 is 0 Å². The highest BCUT2D eigenvalue weighted by Crippen LogP contribution is 2.21. The van der Waals surface area contributed by atoms with Crippen LogP contribution in [0.1, 0.15) is 23.7 Å². The number of hydrogen-bond acceptors (Lipinski definition) is 3. The molecule has 1 unspecified atom stereocenters. The first-order valence-corrected chi connectivity index (χ1v) is 5.95. The fraction of sp³-hybridized carbons (Fsp3) is 0.333. The molecule has 0 saturated heterocycles. The number of amides is 1. The molecule has 1 atom stereocenters. The van der Waals surface area contributed by atoms with E-state index in [1.807, 2.05) is 6.92 Å². The summed E-state index contributed by atoms with van der Waals surface area (Å²) in [5.41, 5.74) is 6.80. The molecular weight excluding hydrogens is 282 g/mol. The summed E-state index contributed by atoms with van der Waals surface area (Å²) < 4.78 is 0.699. The Hall–Kier alpha value is -1.54. The molecule has 0 aliphatic rings. The average Bonchev–Trinajstić information content (AvgIpc) is 2.31. The Kier molecular flexibility index (Phi) is 4.53. The predicted molar refractivity (Wildman–Crippen MR) is 70.3 cm³/mol. The third-order valence-corrected chi connectivity index (χ3v) is 3.30. The molecule has 4 nitrogen and oxygen atoms in total. The molecular formula is C12H14BrN3O. The minimum absolute atomic E-state index is 0.108. The Labute approximate surface area is 109 Å². The number of halogens is 1. The minimum atomic E-state index is -0.117. The molecule has 1 amide bonds. The van der Waals surface area contributed by atoms with Crippen molar-refractivity contribution in [1.82, 2.24) is 4.90 Å². The Balaban J connectivity index is 2.89. The van der Waals surface area contributed by atoms with Crippen LogP contribution < -0.4 is 5.73 Å². The van der Waals surface area contributed by atoms with Crippen LogP contribution in [0.5, 0.6) is 0 Å². The summed E-state index contributed by atoms with van der Waals surface area (Å²) in [6, 6.07) is 6.99. The molecule has 0 aliphatic heterocycles. The molecule has 1 aromatic rings. The van der Waals surface area contributed by atoms with Gasteiger partial charge in [-0.2, -0.15) is 5.26 Å². The van der Waals surface area contributed by atoms with Crippen molar-refractivity contribution in [2.75, 3.05) is 12.8 Å². The lowest BCUT2D eigenvalue weighted by molar-refractivity contribution is 0.0746. The van der Waals surface area contributed by atoms with Gasteiger partial charge in [-0.15, -0.1) is 0 Å². The quantitative estimate of drug-likeness (QED) is 0.871. The van der Waals surface area contributed by atoms with Gasteiger partial charge in [-0.1, -0.05) is 0 Å². The molecule has 90 valence electrons. The van der Waals surface area contributed by atoms with Crippen LogP contribution in [0.15, 0.2) is 22.7 Å². The van der Waals surface area contributed by atoms with Crippen molar-refractivity contribution in [3.63, 3.8) is 0 Å². The van der Waals surface area contributed by atoms with E-state index in [0.29, 0.717) is 22.1 Å². The summed E-state index contributed by atoms with van der Waals surface area (Å²) in [6.07, 6.45) is 0.318. The van der Waals surface area contributed by atoms with E-state index >= 15 is 0 Å². The fourth-order valence-electron chi connectivity index (χ4n) is 1.33. The zero-order valence-electron chi connectivity index (χ0n) is 9.77. The molecule has 0 fully saturated rings. The van der Waals surface area contributed by atoms with Crippen molar-refractivity contribution in [3.8, 4) is 6.07 Å². The number of benzene rings is 1. The van der Waals surface area contributed by atoms with Crippen molar-refractivity contribution < 1.29 is 4.79 Å². The van der Waals surface area contributed by atoms with Crippen LogP contribution in [-0.2, 0) is 0 Å². The SMILES string of the molecule is CC(CC#N)N(C)C(=O)c1ccc(N)c(Br)c1. The largest absolute Gasteiger partial charge is 0.398 e.